The van der Waals surface area contributed by atoms with Crippen LogP contribution < -0.4 is 4.90 Å². The van der Waals surface area contributed by atoms with E-state index in [1.54, 1.807) is 4.90 Å². The standard InChI is InChI=1S/C18H25ClN2O3/c19-17-5-4-15(20-6-2-1-3-7-20)10-16(17)18(23)21-8-9-24-13-14(11-21)12-22/h4-5,10,14,22H,1-3,6-9,11-13H2/t14-/m0/s1. The lowest BCUT2D eigenvalue weighted by Crippen LogP contribution is -2.37. The van der Waals surface area contributed by atoms with Crippen molar-refractivity contribution in [2.45, 2.75) is 19.3 Å². The van der Waals surface area contributed by atoms with Gasteiger partial charge in [0.2, 0.25) is 0 Å². The smallest absolute Gasteiger partial charge is 0.255 e. The van der Waals surface area contributed by atoms with Gasteiger partial charge >= 0.3 is 0 Å². The highest BCUT2D eigenvalue weighted by atomic mass is 35.5. The summed E-state index contributed by atoms with van der Waals surface area (Å²) in [5.74, 6) is -0.122. The Bertz CT molecular complexity index is 575. The van der Waals surface area contributed by atoms with Gasteiger partial charge in [0, 0.05) is 44.4 Å². The van der Waals surface area contributed by atoms with Crippen LogP contribution in [0.1, 0.15) is 29.6 Å². The topological polar surface area (TPSA) is 53.0 Å². The SMILES string of the molecule is O=C(c1cc(N2CCCCC2)ccc1Cl)N1CCOC[C@H](CO)C1. The van der Waals surface area contributed by atoms with Crippen LogP contribution in [0.4, 0.5) is 5.69 Å². The van der Waals surface area contributed by atoms with Crippen LogP contribution in [-0.2, 0) is 4.74 Å². The average Bonchev–Trinajstić information content (AvgIpc) is 2.88. The summed E-state index contributed by atoms with van der Waals surface area (Å²) in [7, 11) is 0. The minimum atomic E-state index is -0.0807. The minimum absolute atomic E-state index is 0.0192. The van der Waals surface area contributed by atoms with Gasteiger partial charge in [-0.05, 0) is 37.5 Å². The highest BCUT2D eigenvalue weighted by Crippen LogP contribution is 2.27. The maximum atomic E-state index is 13.0. The van der Waals surface area contributed by atoms with Crippen LogP contribution in [0.3, 0.4) is 0 Å². The Morgan fingerprint density at radius 3 is 2.79 bits per heavy atom. The molecule has 0 radical (unpaired) electrons. The van der Waals surface area contributed by atoms with Crippen molar-refractivity contribution in [3.05, 3.63) is 28.8 Å². The molecule has 2 aliphatic heterocycles. The Kier molecular flexibility index (Phi) is 5.98. The number of rotatable bonds is 3. The first-order chi connectivity index (χ1) is 11.7. The molecule has 5 nitrogen and oxygen atoms in total. The van der Waals surface area contributed by atoms with Gasteiger partial charge in [-0.1, -0.05) is 11.6 Å². The predicted molar refractivity (Wildman–Crippen MR) is 94.8 cm³/mol. The fraction of sp³-hybridized carbons (Fsp3) is 0.611. The van der Waals surface area contributed by atoms with Gasteiger partial charge in [-0.2, -0.15) is 0 Å². The van der Waals surface area contributed by atoms with E-state index in [-0.39, 0.29) is 18.4 Å². The molecule has 2 fully saturated rings. The van der Waals surface area contributed by atoms with E-state index in [0.29, 0.717) is 36.9 Å². The fourth-order valence-electron chi connectivity index (χ4n) is 3.37. The van der Waals surface area contributed by atoms with Crippen molar-refractivity contribution >= 4 is 23.2 Å². The lowest BCUT2D eigenvalue weighted by molar-refractivity contribution is 0.0728. The summed E-state index contributed by atoms with van der Waals surface area (Å²) >= 11 is 6.31. The lowest BCUT2D eigenvalue weighted by atomic mass is 10.1. The third-order valence-electron chi connectivity index (χ3n) is 4.78. The lowest BCUT2D eigenvalue weighted by Gasteiger charge is -2.30. The van der Waals surface area contributed by atoms with Crippen LogP contribution in [-0.4, -0.2) is 61.9 Å². The molecule has 6 heteroatoms. The Hall–Kier alpha value is -1.30. The molecule has 0 spiro atoms. The second kappa shape index (κ2) is 8.19. The molecular weight excluding hydrogens is 328 g/mol. The van der Waals surface area contributed by atoms with E-state index in [4.69, 9.17) is 16.3 Å². The van der Waals surface area contributed by atoms with Gasteiger partial charge in [0.15, 0.2) is 0 Å². The number of benzene rings is 1. The molecule has 0 saturated carbocycles. The number of aliphatic hydroxyl groups is 1. The summed E-state index contributed by atoms with van der Waals surface area (Å²) in [6.45, 7) is 4.08. The van der Waals surface area contributed by atoms with Gasteiger partial charge in [0.1, 0.15) is 0 Å². The number of ether oxygens (including phenoxy) is 1. The second-order valence-corrected chi connectivity index (χ2v) is 6.99. The first-order valence-corrected chi connectivity index (χ1v) is 9.09. The number of anilines is 1. The van der Waals surface area contributed by atoms with E-state index >= 15 is 0 Å². The third kappa shape index (κ3) is 4.02. The van der Waals surface area contributed by atoms with Crippen LogP contribution >= 0.6 is 11.6 Å². The van der Waals surface area contributed by atoms with Crippen molar-refractivity contribution in [3.8, 4) is 0 Å². The number of carbonyl (C=O) groups excluding carboxylic acids is 1. The van der Waals surface area contributed by atoms with Gasteiger partial charge in [-0.3, -0.25) is 4.79 Å². The summed E-state index contributed by atoms with van der Waals surface area (Å²) in [6, 6.07) is 5.72. The number of halogens is 1. The van der Waals surface area contributed by atoms with Gasteiger partial charge in [0.05, 0.1) is 23.8 Å². The monoisotopic (exact) mass is 352 g/mol. The number of aliphatic hydroxyl groups excluding tert-OH is 1. The normalized spacial score (nSPS) is 22.3. The predicted octanol–water partition coefficient (Wildman–Crippen LogP) is 2.41. The van der Waals surface area contributed by atoms with E-state index in [9.17, 15) is 9.90 Å². The van der Waals surface area contributed by atoms with Crippen molar-refractivity contribution in [1.82, 2.24) is 4.90 Å². The molecule has 1 amide bonds. The van der Waals surface area contributed by atoms with Crippen LogP contribution in [0.25, 0.3) is 0 Å². The molecule has 3 rings (SSSR count). The Labute approximate surface area is 148 Å². The molecule has 0 aliphatic carbocycles. The number of nitrogens with zero attached hydrogens (tertiary/aromatic N) is 2. The Morgan fingerprint density at radius 2 is 2.04 bits per heavy atom. The number of amides is 1. The van der Waals surface area contributed by atoms with Crippen molar-refractivity contribution in [2.75, 3.05) is 50.9 Å². The molecule has 0 bridgehead atoms. The highest BCUT2D eigenvalue weighted by Gasteiger charge is 2.25. The van der Waals surface area contributed by atoms with Gasteiger partial charge in [0.25, 0.3) is 5.91 Å². The molecule has 2 saturated heterocycles. The molecule has 1 atom stereocenters. The molecule has 2 aliphatic rings. The largest absolute Gasteiger partial charge is 0.396 e. The molecule has 24 heavy (non-hydrogen) atoms. The molecule has 132 valence electrons. The minimum Gasteiger partial charge on any atom is -0.396 e. The maximum absolute atomic E-state index is 13.0. The Morgan fingerprint density at radius 1 is 1.25 bits per heavy atom. The molecule has 0 aromatic heterocycles. The molecule has 0 unspecified atom stereocenters. The number of piperidine rings is 1. The quantitative estimate of drug-likeness (QED) is 0.907. The molecule has 1 N–H and O–H groups in total. The molecule has 1 aromatic rings. The van der Waals surface area contributed by atoms with Gasteiger partial charge in [-0.25, -0.2) is 0 Å². The summed E-state index contributed by atoms with van der Waals surface area (Å²) in [5, 5.41) is 9.88. The van der Waals surface area contributed by atoms with E-state index < -0.39 is 0 Å². The van der Waals surface area contributed by atoms with Gasteiger partial charge in [-0.15, -0.1) is 0 Å². The second-order valence-electron chi connectivity index (χ2n) is 6.59. The van der Waals surface area contributed by atoms with E-state index in [1.165, 1.54) is 19.3 Å². The highest BCUT2D eigenvalue weighted by molar-refractivity contribution is 6.34. The fourth-order valence-corrected chi connectivity index (χ4v) is 3.57. The van der Waals surface area contributed by atoms with Crippen LogP contribution in [0.15, 0.2) is 18.2 Å². The van der Waals surface area contributed by atoms with Crippen molar-refractivity contribution in [2.24, 2.45) is 5.92 Å². The van der Waals surface area contributed by atoms with E-state index in [0.717, 1.165) is 18.8 Å². The first-order valence-electron chi connectivity index (χ1n) is 8.71. The van der Waals surface area contributed by atoms with Crippen LogP contribution in [0, 0.1) is 5.92 Å². The van der Waals surface area contributed by atoms with Crippen molar-refractivity contribution in [1.29, 1.82) is 0 Å². The number of hydrogen-bond donors (Lipinski definition) is 1. The summed E-state index contributed by atoms with van der Waals surface area (Å²) in [5.41, 5.74) is 1.60. The zero-order valence-electron chi connectivity index (χ0n) is 13.9. The first kappa shape index (κ1) is 17.5. The number of hydrogen-bond acceptors (Lipinski definition) is 4. The van der Waals surface area contributed by atoms with Crippen molar-refractivity contribution in [3.63, 3.8) is 0 Å². The van der Waals surface area contributed by atoms with E-state index in [1.807, 2.05) is 18.2 Å². The summed E-state index contributed by atoms with van der Waals surface area (Å²) in [4.78, 5) is 17.0. The zero-order valence-corrected chi connectivity index (χ0v) is 14.7. The van der Waals surface area contributed by atoms with Crippen LogP contribution in [0.2, 0.25) is 5.02 Å². The van der Waals surface area contributed by atoms with Gasteiger partial charge < -0.3 is 19.6 Å². The molecular formula is C18H25ClN2O3. The average molecular weight is 353 g/mol. The van der Waals surface area contributed by atoms with Crippen LogP contribution in [0.5, 0.6) is 0 Å². The number of carbonyl (C=O) groups is 1. The van der Waals surface area contributed by atoms with E-state index in [2.05, 4.69) is 4.90 Å². The summed E-state index contributed by atoms with van der Waals surface area (Å²) < 4.78 is 5.47. The Balaban J connectivity index is 1.80. The third-order valence-corrected chi connectivity index (χ3v) is 5.11. The molecule has 2 heterocycles. The zero-order chi connectivity index (χ0) is 16.9. The van der Waals surface area contributed by atoms with Crippen molar-refractivity contribution < 1.29 is 14.6 Å². The summed E-state index contributed by atoms with van der Waals surface area (Å²) in [6.07, 6.45) is 3.65. The maximum Gasteiger partial charge on any atom is 0.255 e. The molecule has 1 aromatic carbocycles.